The lowest BCUT2D eigenvalue weighted by Crippen LogP contribution is -2.06. The molecule has 0 heterocycles. The van der Waals surface area contributed by atoms with E-state index in [4.69, 9.17) is 0 Å². The van der Waals surface area contributed by atoms with E-state index in [1.165, 1.54) is 18.2 Å². The van der Waals surface area contributed by atoms with E-state index < -0.39 is 21.4 Å². The van der Waals surface area contributed by atoms with Crippen molar-refractivity contribution in [3.8, 4) is 0 Å². The highest BCUT2D eigenvalue weighted by Crippen LogP contribution is 2.28. The first-order chi connectivity index (χ1) is 9.32. The minimum atomic E-state index is -3.94. The minimum absolute atomic E-state index is 0.00815. The Morgan fingerprint density at radius 2 is 1.75 bits per heavy atom. The first-order valence-corrected chi connectivity index (χ1v) is 7.78. The molecule has 2 rings (SSSR count). The van der Waals surface area contributed by atoms with Crippen LogP contribution in [-0.4, -0.2) is 13.5 Å². The van der Waals surface area contributed by atoms with Crippen LogP contribution in [-0.2, 0) is 9.84 Å². The summed E-state index contributed by atoms with van der Waals surface area (Å²) in [7, 11) is -3.94. The molecule has 0 radical (unpaired) electrons. The van der Waals surface area contributed by atoms with Crippen molar-refractivity contribution in [3.63, 3.8) is 0 Å². The lowest BCUT2D eigenvalue weighted by molar-refractivity contribution is 0.510. The lowest BCUT2D eigenvalue weighted by atomic mass is 10.2. The van der Waals surface area contributed by atoms with Gasteiger partial charge in [-0.3, -0.25) is 0 Å². The Labute approximate surface area is 124 Å². The second-order valence-electron chi connectivity index (χ2n) is 4.04. The molecule has 0 amide bonds. The van der Waals surface area contributed by atoms with Crippen LogP contribution in [0.2, 0.25) is 0 Å². The number of hydrogen-bond acceptors (Lipinski definition) is 3. The van der Waals surface area contributed by atoms with E-state index in [0.29, 0.717) is 0 Å². The Morgan fingerprint density at radius 1 is 1.15 bits per heavy atom. The van der Waals surface area contributed by atoms with E-state index >= 15 is 0 Å². The molecule has 0 saturated heterocycles. The summed E-state index contributed by atoms with van der Waals surface area (Å²) < 4.78 is 39.0. The fraction of sp³-hybridized carbons (Fsp3) is 0. The Morgan fingerprint density at radius 3 is 2.30 bits per heavy atom. The van der Waals surface area contributed by atoms with Crippen LogP contribution in [0.25, 0.3) is 5.76 Å². The van der Waals surface area contributed by atoms with Crippen molar-refractivity contribution in [2.24, 2.45) is 0 Å². The number of rotatable bonds is 3. The predicted molar refractivity (Wildman–Crippen MR) is 77.7 cm³/mol. The number of aliphatic hydroxyl groups excluding tert-OH is 1. The van der Waals surface area contributed by atoms with Gasteiger partial charge in [-0.05, 0) is 42.5 Å². The Balaban J connectivity index is 2.68. The van der Waals surface area contributed by atoms with Gasteiger partial charge in [-0.2, -0.15) is 0 Å². The highest BCUT2D eigenvalue weighted by atomic mass is 79.9. The largest absolute Gasteiger partial charge is 0.508 e. The average molecular weight is 357 g/mol. The highest BCUT2D eigenvalue weighted by molar-refractivity contribution is 9.10. The number of benzene rings is 2. The summed E-state index contributed by atoms with van der Waals surface area (Å²) >= 11 is 3.21. The van der Waals surface area contributed by atoms with Crippen LogP contribution in [0.15, 0.2) is 63.3 Å². The van der Waals surface area contributed by atoms with E-state index in [-0.39, 0.29) is 15.4 Å². The average Bonchev–Trinajstić information content (AvgIpc) is 2.38. The summed E-state index contributed by atoms with van der Waals surface area (Å²) in [5, 5.41) is 9.46. The van der Waals surface area contributed by atoms with Crippen LogP contribution in [0, 0.1) is 5.82 Å². The Bertz CT molecular complexity index is 768. The Hall–Kier alpha value is -1.66. The Kier molecular flexibility index (Phi) is 3.96. The first kappa shape index (κ1) is 14.7. The van der Waals surface area contributed by atoms with Gasteiger partial charge in [0.05, 0.1) is 9.79 Å². The predicted octanol–water partition coefficient (Wildman–Crippen LogP) is 3.95. The molecule has 0 aromatic heterocycles. The van der Waals surface area contributed by atoms with Gasteiger partial charge in [-0.1, -0.05) is 22.5 Å². The molecule has 0 saturated carbocycles. The maximum Gasteiger partial charge on any atom is 0.207 e. The molecule has 104 valence electrons. The van der Waals surface area contributed by atoms with Gasteiger partial charge < -0.3 is 5.11 Å². The standard InChI is InChI=1S/C14H10BrFO3S/c1-9(17)13-7-4-11(16)8-14(13)20(18,19)12-5-2-10(15)3-6-12/h2-8,17H,1H2. The van der Waals surface area contributed by atoms with Crippen molar-refractivity contribution < 1.29 is 17.9 Å². The van der Waals surface area contributed by atoms with Crippen molar-refractivity contribution in [1.82, 2.24) is 0 Å². The zero-order valence-corrected chi connectivity index (χ0v) is 12.6. The monoisotopic (exact) mass is 356 g/mol. The second-order valence-corrected chi connectivity index (χ2v) is 6.88. The quantitative estimate of drug-likeness (QED) is 0.847. The van der Waals surface area contributed by atoms with Crippen LogP contribution >= 0.6 is 15.9 Å². The van der Waals surface area contributed by atoms with Crippen molar-refractivity contribution in [3.05, 3.63) is 64.9 Å². The summed E-state index contributed by atoms with van der Waals surface area (Å²) in [5.41, 5.74) is -0.0191. The van der Waals surface area contributed by atoms with Crippen LogP contribution in [0.4, 0.5) is 4.39 Å². The number of halogens is 2. The van der Waals surface area contributed by atoms with Gasteiger partial charge in [0, 0.05) is 10.0 Å². The SMILES string of the molecule is C=C(O)c1ccc(F)cc1S(=O)(=O)c1ccc(Br)cc1. The molecule has 3 nitrogen and oxygen atoms in total. The summed E-state index contributed by atoms with van der Waals surface area (Å²) in [4.78, 5) is -0.305. The zero-order valence-electron chi connectivity index (χ0n) is 10.2. The maximum atomic E-state index is 13.3. The van der Waals surface area contributed by atoms with E-state index in [2.05, 4.69) is 22.5 Å². The fourth-order valence-corrected chi connectivity index (χ4v) is 3.45. The molecule has 2 aromatic carbocycles. The second kappa shape index (κ2) is 5.38. The van der Waals surface area contributed by atoms with Gasteiger partial charge in [0.25, 0.3) is 0 Å². The molecule has 0 unspecified atom stereocenters. The van der Waals surface area contributed by atoms with Gasteiger partial charge in [0.2, 0.25) is 9.84 Å². The van der Waals surface area contributed by atoms with E-state index in [0.717, 1.165) is 16.6 Å². The lowest BCUT2D eigenvalue weighted by Gasteiger charge is -2.10. The molecule has 0 spiro atoms. The molecule has 0 aliphatic carbocycles. The van der Waals surface area contributed by atoms with Crippen molar-refractivity contribution in [2.75, 3.05) is 0 Å². The van der Waals surface area contributed by atoms with E-state index in [9.17, 15) is 17.9 Å². The number of aliphatic hydroxyl groups is 1. The van der Waals surface area contributed by atoms with Crippen LogP contribution in [0.5, 0.6) is 0 Å². The maximum absolute atomic E-state index is 13.3. The molecular formula is C14H10BrFO3S. The minimum Gasteiger partial charge on any atom is -0.508 e. The zero-order chi connectivity index (χ0) is 14.9. The number of sulfone groups is 1. The third-order valence-electron chi connectivity index (χ3n) is 2.67. The fourth-order valence-electron chi connectivity index (χ4n) is 1.70. The molecule has 0 atom stereocenters. The molecule has 0 aliphatic heterocycles. The molecule has 0 aliphatic rings. The van der Waals surface area contributed by atoms with Gasteiger partial charge in [0.15, 0.2) is 0 Å². The van der Waals surface area contributed by atoms with E-state index in [1.54, 1.807) is 12.1 Å². The topological polar surface area (TPSA) is 54.4 Å². The summed E-state index contributed by atoms with van der Waals surface area (Å²) in [6.07, 6.45) is 0. The normalized spacial score (nSPS) is 11.3. The molecule has 2 aromatic rings. The van der Waals surface area contributed by atoms with Crippen LogP contribution in [0.1, 0.15) is 5.56 Å². The molecule has 0 bridgehead atoms. The van der Waals surface area contributed by atoms with E-state index in [1.807, 2.05) is 0 Å². The molecular weight excluding hydrogens is 347 g/mol. The van der Waals surface area contributed by atoms with Gasteiger partial charge in [0.1, 0.15) is 11.6 Å². The van der Waals surface area contributed by atoms with Crippen LogP contribution in [0.3, 0.4) is 0 Å². The summed E-state index contributed by atoms with van der Waals surface area (Å²) in [6.45, 7) is 3.30. The summed E-state index contributed by atoms with van der Waals surface area (Å²) in [6, 6.07) is 9.05. The van der Waals surface area contributed by atoms with Gasteiger partial charge >= 0.3 is 0 Å². The third kappa shape index (κ3) is 2.76. The van der Waals surface area contributed by atoms with Crippen molar-refractivity contribution >= 4 is 31.5 Å². The molecule has 20 heavy (non-hydrogen) atoms. The summed E-state index contributed by atoms with van der Waals surface area (Å²) in [5.74, 6) is -1.13. The number of hydrogen-bond donors (Lipinski definition) is 1. The van der Waals surface area contributed by atoms with Crippen molar-refractivity contribution in [1.29, 1.82) is 0 Å². The smallest absolute Gasteiger partial charge is 0.207 e. The molecule has 6 heteroatoms. The van der Waals surface area contributed by atoms with Gasteiger partial charge in [-0.15, -0.1) is 0 Å². The molecule has 0 fully saturated rings. The third-order valence-corrected chi connectivity index (χ3v) is 5.01. The highest BCUT2D eigenvalue weighted by Gasteiger charge is 2.23. The molecule has 1 N–H and O–H groups in total. The van der Waals surface area contributed by atoms with Crippen molar-refractivity contribution in [2.45, 2.75) is 9.79 Å². The first-order valence-electron chi connectivity index (χ1n) is 5.51. The van der Waals surface area contributed by atoms with Crippen LogP contribution < -0.4 is 0 Å². The van der Waals surface area contributed by atoms with Gasteiger partial charge in [-0.25, -0.2) is 12.8 Å².